The van der Waals surface area contributed by atoms with Crippen LogP contribution in [0.2, 0.25) is 0 Å². The summed E-state index contributed by atoms with van der Waals surface area (Å²) in [5, 5.41) is 0. The Balaban J connectivity index is 1.70. The van der Waals surface area contributed by atoms with Gasteiger partial charge in [0.1, 0.15) is 0 Å². The maximum Gasteiger partial charge on any atom is 0.184 e. The molecule has 0 atom stereocenters. The molecule has 2 fully saturated rings. The Morgan fingerprint density at radius 1 is 1.00 bits per heavy atom. The summed E-state index contributed by atoms with van der Waals surface area (Å²) in [4.78, 5) is 4.36. The first-order chi connectivity index (χ1) is 9.66. The highest BCUT2D eigenvalue weighted by Gasteiger charge is 2.28. The van der Waals surface area contributed by atoms with Gasteiger partial charge in [0.05, 0.1) is 11.4 Å². The van der Waals surface area contributed by atoms with Crippen molar-refractivity contribution in [2.45, 2.75) is 31.7 Å². The smallest absolute Gasteiger partial charge is 0.184 e. The quantitative estimate of drug-likeness (QED) is 0.846. The van der Waals surface area contributed by atoms with Gasteiger partial charge in [-0.05, 0) is 25.0 Å². The maximum atomic E-state index is 13.9. The van der Waals surface area contributed by atoms with E-state index in [2.05, 4.69) is 4.90 Å². The van der Waals surface area contributed by atoms with Crippen LogP contribution in [0.15, 0.2) is 12.1 Å². The summed E-state index contributed by atoms with van der Waals surface area (Å²) in [5.41, 5.74) is 6.37. The Morgan fingerprint density at radius 3 is 2.30 bits per heavy atom. The molecular weight excluding hydrogens is 260 g/mol. The molecule has 0 bridgehead atoms. The highest BCUT2D eigenvalue weighted by atomic mass is 19.2. The van der Waals surface area contributed by atoms with Crippen LogP contribution in [-0.4, -0.2) is 37.1 Å². The summed E-state index contributed by atoms with van der Waals surface area (Å²) in [6.07, 6.45) is 5.18. The Morgan fingerprint density at radius 2 is 1.65 bits per heavy atom. The Kier molecular flexibility index (Phi) is 3.78. The van der Waals surface area contributed by atoms with E-state index in [1.165, 1.54) is 31.7 Å². The summed E-state index contributed by atoms with van der Waals surface area (Å²) in [6.45, 7) is 3.22. The topological polar surface area (TPSA) is 32.5 Å². The number of rotatable bonds is 2. The molecule has 0 amide bonds. The lowest BCUT2D eigenvalue weighted by Crippen LogP contribution is -2.50. The van der Waals surface area contributed by atoms with Crippen molar-refractivity contribution in [2.75, 3.05) is 36.8 Å². The number of hydrogen-bond donors (Lipinski definition) is 1. The van der Waals surface area contributed by atoms with E-state index in [1.54, 1.807) is 0 Å². The molecule has 110 valence electrons. The van der Waals surface area contributed by atoms with Crippen molar-refractivity contribution >= 4 is 11.4 Å². The van der Waals surface area contributed by atoms with E-state index < -0.39 is 11.6 Å². The van der Waals surface area contributed by atoms with Crippen LogP contribution in [-0.2, 0) is 0 Å². The highest BCUT2D eigenvalue weighted by molar-refractivity contribution is 5.68. The average Bonchev–Trinajstić information content (AvgIpc) is 2.98. The summed E-state index contributed by atoms with van der Waals surface area (Å²) in [5.74, 6) is -1.65. The van der Waals surface area contributed by atoms with Crippen molar-refractivity contribution in [2.24, 2.45) is 0 Å². The van der Waals surface area contributed by atoms with Crippen LogP contribution in [0.3, 0.4) is 0 Å². The van der Waals surface area contributed by atoms with Gasteiger partial charge in [-0.1, -0.05) is 12.8 Å². The first-order valence-electron chi connectivity index (χ1n) is 7.39. The van der Waals surface area contributed by atoms with Gasteiger partial charge in [-0.15, -0.1) is 0 Å². The molecule has 3 rings (SSSR count). The van der Waals surface area contributed by atoms with Gasteiger partial charge in [0.25, 0.3) is 0 Å². The molecule has 0 aromatic heterocycles. The first-order valence-corrected chi connectivity index (χ1v) is 7.39. The molecule has 1 aromatic rings. The van der Waals surface area contributed by atoms with E-state index in [-0.39, 0.29) is 5.69 Å². The van der Waals surface area contributed by atoms with Crippen molar-refractivity contribution in [3.8, 4) is 0 Å². The van der Waals surface area contributed by atoms with Crippen LogP contribution in [0.4, 0.5) is 20.2 Å². The first kappa shape index (κ1) is 13.6. The van der Waals surface area contributed by atoms with Gasteiger partial charge >= 0.3 is 0 Å². The molecule has 3 nitrogen and oxygen atoms in total. The molecule has 2 N–H and O–H groups in total. The summed E-state index contributed by atoms with van der Waals surface area (Å²) < 4.78 is 27.3. The monoisotopic (exact) mass is 281 g/mol. The zero-order valence-electron chi connectivity index (χ0n) is 11.6. The fraction of sp³-hybridized carbons (Fsp3) is 0.600. The Bertz CT molecular complexity index is 478. The molecule has 2 aliphatic rings. The molecule has 0 radical (unpaired) electrons. The van der Waals surface area contributed by atoms with E-state index in [0.717, 1.165) is 19.2 Å². The number of hydrogen-bond acceptors (Lipinski definition) is 3. The number of nitrogens with two attached hydrogens (primary N) is 1. The van der Waals surface area contributed by atoms with Crippen LogP contribution >= 0.6 is 0 Å². The second-order valence-electron chi connectivity index (χ2n) is 5.76. The SMILES string of the molecule is Nc1ccc(F)c(F)c1N1CCN(C2CCCC2)CC1. The summed E-state index contributed by atoms with van der Waals surface area (Å²) in [6, 6.07) is 3.21. The number of benzene rings is 1. The third-order valence-corrected chi connectivity index (χ3v) is 4.57. The lowest BCUT2D eigenvalue weighted by Gasteiger charge is -2.39. The molecule has 1 aromatic carbocycles. The standard InChI is InChI=1S/C15H21F2N3/c16-12-5-6-13(18)15(14(12)17)20-9-7-19(8-10-20)11-3-1-2-4-11/h5-6,11H,1-4,7-10,18H2. The predicted molar refractivity (Wildman–Crippen MR) is 76.8 cm³/mol. The fourth-order valence-corrected chi connectivity index (χ4v) is 3.46. The van der Waals surface area contributed by atoms with Crippen molar-refractivity contribution in [1.82, 2.24) is 4.90 Å². The van der Waals surface area contributed by atoms with Gasteiger partial charge in [0.2, 0.25) is 0 Å². The molecule has 5 heteroatoms. The van der Waals surface area contributed by atoms with E-state index in [0.29, 0.717) is 24.8 Å². The molecule has 1 heterocycles. The molecule has 0 unspecified atom stereocenters. The largest absolute Gasteiger partial charge is 0.397 e. The maximum absolute atomic E-state index is 13.9. The van der Waals surface area contributed by atoms with Gasteiger partial charge in [0.15, 0.2) is 11.6 Å². The van der Waals surface area contributed by atoms with Crippen LogP contribution in [0, 0.1) is 11.6 Å². The fourth-order valence-electron chi connectivity index (χ4n) is 3.46. The zero-order chi connectivity index (χ0) is 14.1. The summed E-state index contributed by atoms with van der Waals surface area (Å²) in [7, 11) is 0. The van der Waals surface area contributed by atoms with Crippen LogP contribution in [0.1, 0.15) is 25.7 Å². The van der Waals surface area contributed by atoms with Gasteiger partial charge in [-0.25, -0.2) is 8.78 Å². The molecule has 0 spiro atoms. The van der Waals surface area contributed by atoms with E-state index in [1.807, 2.05) is 4.90 Å². The molecule has 1 aliphatic carbocycles. The minimum Gasteiger partial charge on any atom is -0.397 e. The predicted octanol–water partition coefficient (Wildman–Crippen LogP) is 2.61. The van der Waals surface area contributed by atoms with Gasteiger partial charge in [-0.3, -0.25) is 4.90 Å². The highest BCUT2D eigenvalue weighted by Crippen LogP contribution is 2.31. The third-order valence-electron chi connectivity index (χ3n) is 4.57. The number of nitrogens with zero attached hydrogens (tertiary/aromatic N) is 2. The lowest BCUT2D eigenvalue weighted by atomic mass is 10.1. The number of piperazine rings is 1. The molecule has 1 aliphatic heterocycles. The number of nitrogen functional groups attached to an aromatic ring is 1. The second-order valence-corrected chi connectivity index (χ2v) is 5.76. The second kappa shape index (κ2) is 5.56. The van der Waals surface area contributed by atoms with E-state index in [4.69, 9.17) is 5.73 Å². The van der Waals surface area contributed by atoms with Crippen molar-refractivity contribution in [3.63, 3.8) is 0 Å². The minimum absolute atomic E-state index is 0.232. The van der Waals surface area contributed by atoms with Gasteiger partial charge in [0, 0.05) is 32.2 Å². The van der Waals surface area contributed by atoms with Crippen molar-refractivity contribution in [3.05, 3.63) is 23.8 Å². The lowest BCUT2D eigenvalue weighted by molar-refractivity contribution is 0.187. The van der Waals surface area contributed by atoms with Crippen molar-refractivity contribution in [1.29, 1.82) is 0 Å². The van der Waals surface area contributed by atoms with Crippen molar-refractivity contribution < 1.29 is 8.78 Å². The Hall–Kier alpha value is -1.36. The van der Waals surface area contributed by atoms with Crippen LogP contribution in [0.5, 0.6) is 0 Å². The number of halogens is 2. The minimum atomic E-state index is -0.826. The zero-order valence-corrected chi connectivity index (χ0v) is 11.6. The van der Waals surface area contributed by atoms with Crippen LogP contribution in [0.25, 0.3) is 0 Å². The normalized spacial score (nSPS) is 21.6. The van der Waals surface area contributed by atoms with E-state index >= 15 is 0 Å². The molecule has 20 heavy (non-hydrogen) atoms. The molecule has 1 saturated heterocycles. The number of anilines is 2. The van der Waals surface area contributed by atoms with Gasteiger partial charge < -0.3 is 10.6 Å². The molecular formula is C15H21F2N3. The summed E-state index contributed by atoms with van der Waals surface area (Å²) >= 11 is 0. The van der Waals surface area contributed by atoms with Gasteiger partial charge in [-0.2, -0.15) is 0 Å². The third kappa shape index (κ3) is 2.46. The average molecular weight is 281 g/mol. The molecule has 1 saturated carbocycles. The van der Waals surface area contributed by atoms with Crippen LogP contribution < -0.4 is 10.6 Å². The van der Waals surface area contributed by atoms with E-state index in [9.17, 15) is 8.78 Å². The Labute approximate surface area is 118 Å².